The summed E-state index contributed by atoms with van der Waals surface area (Å²) in [4.78, 5) is 17.4. The molecule has 4 aromatic heterocycles. The Hall–Kier alpha value is -2.96. The maximum Gasteiger partial charge on any atom is 0.417 e. The molecule has 1 aromatic carbocycles. The van der Waals surface area contributed by atoms with Crippen LogP contribution in [0.3, 0.4) is 0 Å². The summed E-state index contributed by atoms with van der Waals surface area (Å²) in [7, 11) is 0. The second-order valence-electron chi connectivity index (χ2n) is 6.21. The fourth-order valence-corrected chi connectivity index (χ4v) is 4.95. The molecule has 0 saturated carbocycles. The lowest BCUT2D eigenvalue weighted by atomic mass is 10.3. The topological polar surface area (TPSA) is 78.0 Å². The molecule has 0 atom stereocenters. The van der Waals surface area contributed by atoms with E-state index in [9.17, 15) is 18.0 Å². The second kappa shape index (κ2) is 7.32. The molecule has 0 N–H and O–H groups in total. The van der Waals surface area contributed by atoms with Gasteiger partial charge in [0.25, 0.3) is 5.56 Å². The molecule has 31 heavy (non-hydrogen) atoms. The van der Waals surface area contributed by atoms with E-state index in [2.05, 4.69) is 20.3 Å². The van der Waals surface area contributed by atoms with E-state index in [1.807, 2.05) is 28.7 Å². The van der Waals surface area contributed by atoms with E-state index < -0.39 is 17.3 Å². The van der Waals surface area contributed by atoms with Crippen LogP contribution in [0.15, 0.2) is 63.6 Å². The van der Waals surface area contributed by atoms with Crippen molar-refractivity contribution in [3.8, 4) is 5.82 Å². The zero-order chi connectivity index (χ0) is 21.8. The van der Waals surface area contributed by atoms with Crippen LogP contribution < -0.4 is 5.56 Å². The van der Waals surface area contributed by atoms with Gasteiger partial charge in [-0.2, -0.15) is 23.0 Å². The number of hydrogen-bond acceptors (Lipinski definition) is 7. The highest BCUT2D eigenvalue weighted by Crippen LogP contribution is 2.34. The van der Waals surface area contributed by atoms with Gasteiger partial charge in [-0.25, -0.2) is 4.98 Å². The first-order chi connectivity index (χ1) is 14.8. The Morgan fingerprint density at radius 1 is 1.06 bits per heavy atom. The molecule has 156 valence electrons. The van der Waals surface area contributed by atoms with Crippen molar-refractivity contribution >= 4 is 49.9 Å². The number of aromatic nitrogens is 6. The number of benzene rings is 1. The number of rotatable bonds is 3. The molecule has 7 nitrogen and oxygen atoms in total. The molecule has 0 bridgehead atoms. The third-order valence-electron chi connectivity index (χ3n) is 4.29. The lowest BCUT2D eigenvalue weighted by Gasteiger charge is -2.09. The smallest absolute Gasteiger partial charge is 0.266 e. The molecular weight excluding hydrogens is 473 g/mol. The second-order valence-corrected chi connectivity index (χ2v) is 8.61. The molecule has 0 spiro atoms. The third-order valence-corrected chi connectivity index (χ3v) is 6.76. The summed E-state index contributed by atoms with van der Waals surface area (Å²) in [5.41, 5.74) is -0.724. The summed E-state index contributed by atoms with van der Waals surface area (Å²) in [5.74, 6) is -0.0786. The van der Waals surface area contributed by atoms with Crippen molar-refractivity contribution in [3.63, 3.8) is 0 Å². The van der Waals surface area contributed by atoms with Gasteiger partial charge in [-0.05, 0) is 36.0 Å². The van der Waals surface area contributed by atoms with Crippen LogP contribution in [0.1, 0.15) is 5.56 Å². The van der Waals surface area contributed by atoms with Crippen LogP contribution in [0.5, 0.6) is 0 Å². The number of alkyl halides is 3. The van der Waals surface area contributed by atoms with E-state index in [1.54, 1.807) is 0 Å². The number of para-hydroxylation sites is 1. The van der Waals surface area contributed by atoms with Gasteiger partial charge in [-0.3, -0.25) is 9.20 Å². The molecule has 0 fully saturated rings. The molecule has 0 saturated heterocycles. The minimum Gasteiger partial charge on any atom is -0.266 e. The van der Waals surface area contributed by atoms with E-state index in [0.29, 0.717) is 21.2 Å². The zero-order valence-electron chi connectivity index (χ0n) is 15.0. The van der Waals surface area contributed by atoms with Gasteiger partial charge < -0.3 is 0 Å². The fraction of sp³-hybridized carbons (Fsp3) is 0.0556. The van der Waals surface area contributed by atoms with Crippen molar-refractivity contribution in [3.05, 3.63) is 69.7 Å². The molecule has 5 rings (SSSR count). The van der Waals surface area contributed by atoms with Crippen molar-refractivity contribution in [2.24, 2.45) is 0 Å². The van der Waals surface area contributed by atoms with Gasteiger partial charge in [0.1, 0.15) is 5.02 Å². The maximum atomic E-state index is 12.7. The lowest BCUT2D eigenvalue weighted by molar-refractivity contribution is -0.137. The molecule has 0 radical (unpaired) electrons. The van der Waals surface area contributed by atoms with Gasteiger partial charge >= 0.3 is 6.18 Å². The van der Waals surface area contributed by atoms with Gasteiger partial charge in [0.05, 0.1) is 26.9 Å². The van der Waals surface area contributed by atoms with Crippen LogP contribution >= 0.6 is 34.7 Å². The fourth-order valence-electron chi connectivity index (χ4n) is 2.85. The standard InChI is InChI=1S/C18H8ClF3N6OS2/c19-14-12(31-17-26-25-16-27(17)10-3-1-2-4-11(10)30-16)8-24-28(15(14)29)13-6-5-9(7-23-13)18(20,21)22/h1-8H. The minimum absolute atomic E-state index is 0.0786. The highest BCUT2D eigenvalue weighted by molar-refractivity contribution is 7.99. The first kappa shape index (κ1) is 20.0. The molecular formula is C18H8ClF3N6OS2. The van der Waals surface area contributed by atoms with E-state index >= 15 is 0 Å². The predicted molar refractivity (Wildman–Crippen MR) is 110 cm³/mol. The number of thiazole rings is 1. The predicted octanol–water partition coefficient (Wildman–Crippen LogP) is 4.71. The molecule has 13 heteroatoms. The molecule has 4 heterocycles. The maximum absolute atomic E-state index is 12.7. The number of hydrogen-bond donors (Lipinski definition) is 0. The average Bonchev–Trinajstić information content (AvgIpc) is 3.31. The monoisotopic (exact) mass is 480 g/mol. The average molecular weight is 481 g/mol. The molecule has 0 aliphatic rings. The molecule has 0 aliphatic carbocycles. The van der Waals surface area contributed by atoms with E-state index in [1.165, 1.54) is 17.5 Å². The van der Waals surface area contributed by atoms with Gasteiger partial charge in [0.15, 0.2) is 5.82 Å². The van der Waals surface area contributed by atoms with Crippen LogP contribution in [0, 0.1) is 0 Å². The first-order valence-electron chi connectivity index (χ1n) is 8.55. The Morgan fingerprint density at radius 3 is 2.61 bits per heavy atom. The Labute approximate surface area is 184 Å². The third kappa shape index (κ3) is 3.46. The van der Waals surface area contributed by atoms with Gasteiger partial charge in [0.2, 0.25) is 10.1 Å². The van der Waals surface area contributed by atoms with Gasteiger partial charge in [-0.1, -0.05) is 35.1 Å². The van der Waals surface area contributed by atoms with Crippen LogP contribution in [0.25, 0.3) is 21.0 Å². The van der Waals surface area contributed by atoms with Crippen LogP contribution in [0.4, 0.5) is 13.2 Å². The summed E-state index contributed by atoms with van der Waals surface area (Å²) in [6, 6.07) is 9.60. The van der Waals surface area contributed by atoms with Crippen molar-refractivity contribution < 1.29 is 13.2 Å². The Balaban J connectivity index is 1.52. The van der Waals surface area contributed by atoms with Crippen molar-refractivity contribution in [1.29, 1.82) is 0 Å². The highest BCUT2D eigenvalue weighted by Gasteiger charge is 2.30. The van der Waals surface area contributed by atoms with Gasteiger partial charge in [-0.15, -0.1) is 10.2 Å². The highest BCUT2D eigenvalue weighted by atomic mass is 35.5. The molecule has 5 aromatic rings. The normalized spacial score (nSPS) is 12.1. The number of pyridine rings is 1. The van der Waals surface area contributed by atoms with Crippen LogP contribution in [0.2, 0.25) is 5.02 Å². The van der Waals surface area contributed by atoms with Crippen molar-refractivity contribution in [2.75, 3.05) is 0 Å². The molecule has 0 unspecified atom stereocenters. The molecule has 0 aliphatic heterocycles. The number of nitrogens with zero attached hydrogens (tertiary/aromatic N) is 6. The van der Waals surface area contributed by atoms with Crippen LogP contribution in [-0.2, 0) is 6.18 Å². The lowest BCUT2D eigenvalue weighted by Crippen LogP contribution is -2.23. The first-order valence-corrected chi connectivity index (χ1v) is 10.6. The molecule has 0 amide bonds. The van der Waals surface area contributed by atoms with E-state index in [4.69, 9.17) is 11.6 Å². The summed E-state index contributed by atoms with van der Waals surface area (Å²) in [6.07, 6.45) is -2.56. The summed E-state index contributed by atoms with van der Waals surface area (Å²) in [6.45, 7) is 0. The van der Waals surface area contributed by atoms with E-state index in [0.717, 1.165) is 38.8 Å². The van der Waals surface area contributed by atoms with Gasteiger partial charge in [0, 0.05) is 6.20 Å². The summed E-state index contributed by atoms with van der Waals surface area (Å²) in [5, 5.41) is 12.7. The number of halogens is 4. The number of fused-ring (bicyclic) bond motifs is 3. The Morgan fingerprint density at radius 2 is 1.87 bits per heavy atom. The van der Waals surface area contributed by atoms with Crippen molar-refractivity contribution in [1.82, 2.24) is 29.4 Å². The zero-order valence-corrected chi connectivity index (χ0v) is 17.4. The SMILES string of the molecule is O=c1c(Cl)c(Sc2nnc3sc4ccccc4n23)cnn1-c1ccc(C(F)(F)F)cn1. The Kier molecular flexibility index (Phi) is 4.72. The quantitative estimate of drug-likeness (QED) is 0.372. The minimum atomic E-state index is -4.53. The summed E-state index contributed by atoms with van der Waals surface area (Å²) < 4.78 is 41.9. The Bertz CT molecular complexity index is 1490. The van der Waals surface area contributed by atoms with Crippen molar-refractivity contribution in [2.45, 2.75) is 16.2 Å². The largest absolute Gasteiger partial charge is 0.417 e. The van der Waals surface area contributed by atoms with Crippen LogP contribution in [-0.4, -0.2) is 29.4 Å². The summed E-state index contributed by atoms with van der Waals surface area (Å²) >= 11 is 8.84. The van der Waals surface area contributed by atoms with E-state index in [-0.39, 0.29) is 10.8 Å².